The molecule has 0 spiro atoms. The molecule has 110 valence electrons. The Bertz CT molecular complexity index is 168. The van der Waals surface area contributed by atoms with Crippen molar-refractivity contribution in [3.05, 3.63) is 0 Å². The lowest BCUT2D eigenvalue weighted by Crippen LogP contribution is -2.25. The summed E-state index contributed by atoms with van der Waals surface area (Å²) in [6.45, 7) is 7.51. The molecule has 0 aliphatic rings. The fourth-order valence-corrected chi connectivity index (χ4v) is 4.58. The highest BCUT2D eigenvalue weighted by molar-refractivity contribution is 6.77. The summed E-state index contributed by atoms with van der Waals surface area (Å²) < 4.78 is 0. The predicted octanol–water partition coefficient (Wildman–Crippen LogP) is 5.61. The van der Waals surface area contributed by atoms with Gasteiger partial charge in [0.2, 0.25) is 0 Å². The highest BCUT2D eigenvalue weighted by Crippen LogP contribution is 2.19. The first-order valence-corrected chi connectivity index (χ1v) is 11.6. The molecule has 0 rings (SSSR count). The van der Waals surface area contributed by atoms with Crippen LogP contribution in [0.25, 0.3) is 0 Å². The van der Waals surface area contributed by atoms with Crippen LogP contribution >= 0.6 is 0 Å². The Morgan fingerprint density at radius 3 is 1.56 bits per heavy atom. The molecule has 0 saturated carbocycles. The molecule has 2 heteroatoms. The molecule has 0 aliphatic heterocycles. The number of rotatable bonds is 13. The molecule has 0 aromatic rings. The van der Waals surface area contributed by atoms with E-state index in [0.29, 0.717) is 6.61 Å². The van der Waals surface area contributed by atoms with Gasteiger partial charge in [0, 0.05) is 14.7 Å². The second-order valence-corrected chi connectivity index (χ2v) is 11.9. The summed E-state index contributed by atoms with van der Waals surface area (Å²) in [6, 6.07) is 2.49. The number of aliphatic hydroxyl groups is 1. The van der Waals surface area contributed by atoms with Gasteiger partial charge in [-0.05, 0) is 6.04 Å². The average molecular weight is 273 g/mol. The van der Waals surface area contributed by atoms with E-state index in [-0.39, 0.29) is 0 Å². The van der Waals surface area contributed by atoms with Crippen LogP contribution in [0.15, 0.2) is 0 Å². The van der Waals surface area contributed by atoms with E-state index in [2.05, 4.69) is 20.0 Å². The van der Waals surface area contributed by atoms with Crippen molar-refractivity contribution in [2.24, 2.45) is 0 Å². The predicted molar refractivity (Wildman–Crippen MR) is 86.0 cm³/mol. The molecule has 0 fully saturated rings. The van der Waals surface area contributed by atoms with E-state index in [1.165, 1.54) is 70.3 Å². The fraction of sp³-hybridized carbons (Fsp3) is 1.00. The van der Waals surface area contributed by atoms with Crippen molar-refractivity contribution < 1.29 is 5.11 Å². The first-order chi connectivity index (χ1) is 8.62. The van der Waals surface area contributed by atoms with Gasteiger partial charge in [0.1, 0.15) is 0 Å². The summed E-state index contributed by atoms with van der Waals surface area (Å²) in [6.07, 6.45) is 14.2. The lowest BCUT2D eigenvalue weighted by molar-refractivity contribution is 0.316. The minimum Gasteiger partial charge on any atom is -0.397 e. The van der Waals surface area contributed by atoms with Crippen LogP contribution in [0.5, 0.6) is 0 Å². The Hall–Kier alpha value is 0.177. The topological polar surface area (TPSA) is 20.2 Å². The van der Waals surface area contributed by atoms with Gasteiger partial charge in [-0.2, -0.15) is 0 Å². The molecule has 0 atom stereocenters. The van der Waals surface area contributed by atoms with E-state index in [1.807, 2.05) is 0 Å². The van der Waals surface area contributed by atoms with Gasteiger partial charge in [0.05, 0.1) is 0 Å². The lowest BCUT2D eigenvalue weighted by Gasteiger charge is -2.20. The van der Waals surface area contributed by atoms with E-state index < -0.39 is 8.07 Å². The van der Waals surface area contributed by atoms with Gasteiger partial charge in [-0.3, -0.25) is 0 Å². The molecule has 0 radical (unpaired) electrons. The van der Waals surface area contributed by atoms with E-state index in [0.717, 1.165) is 6.04 Å². The zero-order valence-electron chi connectivity index (χ0n) is 13.1. The van der Waals surface area contributed by atoms with Crippen LogP contribution in [0.4, 0.5) is 0 Å². The van der Waals surface area contributed by atoms with Crippen molar-refractivity contribution in [1.29, 1.82) is 0 Å². The Morgan fingerprint density at radius 2 is 1.11 bits per heavy atom. The van der Waals surface area contributed by atoms with Crippen LogP contribution in [-0.2, 0) is 0 Å². The first-order valence-electron chi connectivity index (χ1n) is 8.23. The third kappa shape index (κ3) is 12.6. The first kappa shape index (κ1) is 18.2. The number of hydrogen-bond acceptors (Lipinski definition) is 1. The maximum absolute atomic E-state index is 9.00. The Morgan fingerprint density at radius 1 is 0.667 bits per heavy atom. The molecular formula is C16H36OSi. The van der Waals surface area contributed by atoms with E-state index >= 15 is 0 Å². The van der Waals surface area contributed by atoms with Gasteiger partial charge >= 0.3 is 0 Å². The van der Waals surface area contributed by atoms with Crippen LogP contribution in [-0.4, -0.2) is 19.8 Å². The molecule has 18 heavy (non-hydrogen) atoms. The minimum absolute atomic E-state index is 0.400. The van der Waals surface area contributed by atoms with Crippen molar-refractivity contribution in [3.63, 3.8) is 0 Å². The van der Waals surface area contributed by atoms with Crippen LogP contribution in [0.1, 0.15) is 71.1 Å². The lowest BCUT2D eigenvalue weighted by atomic mass is 10.1. The van der Waals surface area contributed by atoms with Gasteiger partial charge in [0.15, 0.2) is 0 Å². The van der Waals surface area contributed by atoms with Crippen LogP contribution in [0, 0.1) is 0 Å². The summed E-state index contributed by atoms with van der Waals surface area (Å²) in [5.74, 6) is 0. The summed E-state index contributed by atoms with van der Waals surface area (Å²) >= 11 is 0. The highest BCUT2D eigenvalue weighted by Gasteiger charge is 2.18. The van der Waals surface area contributed by atoms with E-state index in [4.69, 9.17) is 5.11 Å². The summed E-state index contributed by atoms with van der Waals surface area (Å²) in [5.41, 5.74) is 0. The smallest absolute Gasteiger partial charge is 0.0496 e. The van der Waals surface area contributed by atoms with Crippen molar-refractivity contribution >= 4 is 8.07 Å². The quantitative estimate of drug-likeness (QED) is 0.341. The number of unbranched alkanes of at least 4 members (excludes halogenated alkanes) is 9. The molecule has 0 aromatic heterocycles. The Labute approximate surface area is 116 Å². The van der Waals surface area contributed by atoms with E-state index in [1.54, 1.807) is 0 Å². The van der Waals surface area contributed by atoms with Crippen molar-refractivity contribution in [3.8, 4) is 0 Å². The van der Waals surface area contributed by atoms with Gasteiger partial charge < -0.3 is 5.11 Å². The molecule has 0 amide bonds. The third-order valence-corrected chi connectivity index (χ3v) is 7.28. The monoisotopic (exact) mass is 272 g/mol. The van der Waals surface area contributed by atoms with Crippen LogP contribution < -0.4 is 0 Å². The molecule has 0 heterocycles. The molecule has 0 bridgehead atoms. The van der Waals surface area contributed by atoms with Gasteiger partial charge in [-0.15, -0.1) is 0 Å². The molecule has 0 unspecified atom stereocenters. The number of hydrogen-bond donors (Lipinski definition) is 1. The molecule has 1 nitrogen and oxygen atoms in total. The Kier molecular flexibility index (Phi) is 12.3. The average Bonchev–Trinajstić information content (AvgIpc) is 2.31. The SMILES string of the molecule is CCCCCCCCCCCC[Si](C)(C)CCO. The van der Waals surface area contributed by atoms with Crippen LogP contribution in [0.2, 0.25) is 25.2 Å². The normalized spacial score (nSPS) is 12.0. The largest absolute Gasteiger partial charge is 0.397 e. The highest BCUT2D eigenvalue weighted by atomic mass is 28.3. The maximum atomic E-state index is 9.00. The summed E-state index contributed by atoms with van der Waals surface area (Å²) in [7, 11) is -1.04. The maximum Gasteiger partial charge on any atom is 0.0496 e. The Balaban J connectivity index is 3.16. The molecule has 0 aliphatic carbocycles. The second-order valence-electron chi connectivity index (χ2n) is 6.57. The molecule has 0 aromatic carbocycles. The zero-order valence-corrected chi connectivity index (χ0v) is 14.1. The standard InChI is InChI=1S/C16H36OSi/c1-4-5-6-7-8-9-10-11-12-13-15-18(2,3)16-14-17/h17H,4-16H2,1-3H3. The van der Waals surface area contributed by atoms with Crippen molar-refractivity contribution in [2.75, 3.05) is 6.61 Å². The van der Waals surface area contributed by atoms with Crippen molar-refractivity contribution in [2.45, 2.75) is 96.3 Å². The zero-order chi connectivity index (χ0) is 13.7. The van der Waals surface area contributed by atoms with Gasteiger partial charge in [-0.1, -0.05) is 90.3 Å². The summed E-state index contributed by atoms with van der Waals surface area (Å²) in [4.78, 5) is 0. The summed E-state index contributed by atoms with van der Waals surface area (Å²) in [5, 5.41) is 9.00. The third-order valence-electron chi connectivity index (χ3n) is 4.00. The molecule has 0 saturated heterocycles. The van der Waals surface area contributed by atoms with Crippen LogP contribution in [0.3, 0.4) is 0 Å². The minimum atomic E-state index is -1.04. The van der Waals surface area contributed by atoms with Crippen molar-refractivity contribution in [1.82, 2.24) is 0 Å². The fourth-order valence-electron chi connectivity index (χ4n) is 2.52. The molecule has 1 N–H and O–H groups in total. The molecular weight excluding hydrogens is 236 g/mol. The van der Waals surface area contributed by atoms with E-state index in [9.17, 15) is 0 Å². The van der Waals surface area contributed by atoms with Gasteiger partial charge in [-0.25, -0.2) is 0 Å². The second kappa shape index (κ2) is 12.2. The number of aliphatic hydroxyl groups excluding tert-OH is 1. The van der Waals surface area contributed by atoms with Gasteiger partial charge in [0.25, 0.3) is 0 Å².